The fourth-order valence-electron chi connectivity index (χ4n) is 3.92. The summed E-state index contributed by atoms with van der Waals surface area (Å²) in [6, 6.07) is 15.6. The Morgan fingerprint density at radius 3 is 2.69 bits per heavy atom. The van der Waals surface area contributed by atoms with Gasteiger partial charge in [-0.25, -0.2) is 9.37 Å². The van der Waals surface area contributed by atoms with E-state index in [2.05, 4.69) is 15.2 Å². The number of thiazole rings is 1. The van der Waals surface area contributed by atoms with Gasteiger partial charge in [0.05, 0.1) is 17.3 Å². The Labute approximate surface area is 190 Å². The number of carbonyl (C=O) groups excluding carboxylic acids is 2. The fraction of sp³-hybridized carbons (Fsp3) is 0.292. The summed E-state index contributed by atoms with van der Waals surface area (Å²) in [5, 5.41) is 5.32. The number of carbonyl (C=O) groups is 2. The van der Waals surface area contributed by atoms with E-state index in [-0.39, 0.29) is 23.4 Å². The number of anilines is 3. The highest BCUT2D eigenvalue weighted by molar-refractivity contribution is 7.14. The number of likely N-dealkylation sites (tertiary alicyclic amines) is 1. The highest BCUT2D eigenvalue weighted by Gasteiger charge is 2.27. The summed E-state index contributed by atoms with van der Waals surface area (Å²) < 4.78 is 14.3. The van der Waals surface area contributed by atoms with Crippen LogP contribution in [0.4, 0.5) is 20.9 Å². The minimum atomic E-state index is -0.470. The molecule has 1 atom stereocenters. The van der Waals surface area contributed by atoms with Crippen LogP contribution in [0.25, 0.3) is 0 Å². The van der Waals surface area contributed by atoms with Gasteiger partial charge < -0.3 is 5.32 Å². The SMILES string of the molecule is CC(=O)N(c1nc(CN2CCCC(C(=O)Nc3ccccc3)C2)cs1)c1ccccc1F. The van der Waals surface area contributed by atoms with Gasteiger partial charge in [0.25, 0.3) is 0 Å². The minimum absolute atomic E-state index is 0.0298. The molecule has 2 amide bonds. The summed E-state index contributed by atoms with van der Waals surface area (Å²) in [6.07, 6.45) is 1.78. The van der Waals surface area contributed by atoms with Gasteiger partial charge in [-0.05, 0) is 43.7 Å². The maximum Gasteiger partial charge on any atom is 0.230 e. The van der Waals surface area contributed by atoms with E-state index in [0.717, 1.165) is 30.8 Å². The maximum absolute atomic E-state index is 14.3. The summed E-state index contributed by atoms with van der Waals surface area (Å²) in [7, 11) is 0. The number of nitrogens with zero attached hydrogens (tertiary/aromatic N) is 3. The smallest absolute Gasteiger partial charge is 0.230 e. The number of piperidine rings is 1. The first-order valence-corrected chi connectivity index (χ1v) is 11.5. The lowest BCUT2D eigenvalue weighted by Crippen LogP contribution is -2.40. The first kappa shape index (κ1) is 22.1. The zero-order chi connectivity index (χ0) is 22.5. The highest BCUT2D eigenvalue weighted by atomic mass is 32.1. The van der Waals surface area contributed by atoms with Crippen LogP contribution in [-0.4, -0.2) is 34.8 Å². The van der Waals surface area contributed by atoms with Gasteiger partial charge >= 0.3 is 0 Å². The quantitative estimate of drug-likeness (QED) is 0.583. The summed E-state index contributed by atoms with van der Waals surface area (Å²) >= 11 is 1.31. The molecule has 0 radical (unpaired) electrons. The third-order valence-electron chi connectivity index (χ3n) is 5.44. The number of hydrogen-bond acceptors (Lipinski definition) is 5. The molecule has 1 aliphatic rings. The van der Waals surface area contributed by atoms with Gasteiger partial charge in [0.1, 0.15) is 5.82 Å². The van der Waals surface area contributed by atoms with E-state index >= 15 is 0 Å². The molecule has 8 heteroatoms. The van der Waals surface area contributed by atoms with E-state index in [4.69, 9.17) is 0 Å². The number of hydrogen-bond donors (Lipinski definition) is 1. The molecular weight excluding hydrogens is 427 g/mol. The molecule has 0 bridgehead atoms. The first-order chi connectivity index (χ1) is 15.5. The van der Waals surface area contributed by atoms with E-state index in [1.165, 1.54) is 29.2 Å². The van der Waals surface area contributed by atoms with E-state index in [1.807, 2.05) is 35.7 Å². The number of rotatable bonds is 6. The van der Waals surface area contributed by atoms with Crippen LogP contribution in [0.1, 0.15) is 25.5 Å². The lowest BCUT2D eigenvalue weighted by Gasteiger charge is -2.31. The molecule has 166 valence electrons. The van der Waals surface area contributed by atoms with Crippen molar-refractivity contribution in [3.63, 3.8) is 0 Å². The van der Waals surface area contributed by atoms with Gasteiger partial charge in [0, 0.05) is 31.1 Å². The van der Waals surface area contributed by atoms with Gasteiger partial charge in [-0.1, -0.05) is 30.3 Å². The van der Waals surface area contributed by atoms with Crippen LogP contribution >= 0.6 is 11.3 Å². The standard InChI is InChI=1S/C24H25FN4O2S/c1-17(30)29(22-12-6-5-11-21(22)25)24-27-20(16-32-24)15-28-13-7-8-18(14-28)23(31)26-19-9-3-2-4-10-19/h2-6,9-12,16,18H,7-8,13-15H2,1H3,(H,26,31). The monoisotopic (exact) mass is 452 g/mol. The zero-order valence-electron chi connectivity index (χ0n) is 17.8. The second-order valence-corrected chi connectivity index (χ2v) is 8.69. The van der Waals surface area contributed by atoms with Crippen molar-refractivity contribution in [2.75, 3.05) is 23.3 Å². The molecule has 1 N–H and O–H groups in total. The van der Waals surface area contributed by atoms with E-state index in [1.54, 1.807) is 18.2 Å². The average Bonchev–Trinajstić information content (AvgIpc) is 3.23. The van der Waals surface area contributed by atoms with Gasteiger partial charge in [-0.3, -0.25) is 19.4 Å². The lowest BCUT2D eigenvalue weighted by molar-refractivity contribution is -0.121. The van der Waals surface area contributed by atoms with Crippen LogP contribution in [0.3, 0.4) is 0 Å². The molecule has 1 aliphatic heterocycles. The largest absolute Gasteiger partial charge is 0.326 e. The van der Waals surface area contributed by atoms with Crippen LogP contribution in [-0.2, 0) is 16.1 Å². The van der Waals surface area contributed by atoms with Crippen molar-refractivity contribution in [3.05, 3.63) is 71.5 Å². The van der Waals surface area contributed by atoms with Crippen LogP contribution < -0.4 is 10.2 Å². The van der Waals surface area contributed by atoms with Crippen molar-refractivity contribution >= 4 is 39.7 Å². The first-order valence-electron chi connectivity index (χ1n) is 10.6. The zero-order valence-corrected chi connectivity index (χ0v) is 18.6. The molecular formula is C24H25FN4O2S. The van der Waals surface area contributed by atoms with Crippen molar-refractivity contribution in [2.45, 2.75) is 26.3 Å². The molecule has 1 saturated heterocycles. The molecule has 0 aliphatic carbocycles. The Morgan fingerprint density at radius 2 is 1.94 bits per heavy atom. The topological polar surface area (TPSA) is 65.5 Å². The molecule has 32 heavy (non-hydrogen) atoms. The van der Waals surface area contributed by atoms with Crippen LogP contribution in [0.2, 0.25) is 0 Å². The number of amides is 2. The van der Waals surface area contributed by atoms with E-state index in [9.17, 15) is 14.0 Å². The molecule has 1 unspecified atom stereocenters. The molecule has 1 aromatic heterocycles. The number of para-hydroxylation sites is 2. The molecule has 1 fully saturated rings. The molecule has 0 spiro atoms. The van der Waals surface area contributed by atoms with E-state index in [0.29, 0.717) is 18.2 Å². The van der Waals surface area contributed by atoms with Crippen molar-refractivity contribution in [3.8, 4) is 0 Å². The molecule has 2 aromatic carbocycles. The van der Waals surface area contributed by atoms with Crippen LogP contribution in [0.5, 0.6) is 0 Å². The lowest BCUT2D eigenvalue weighted by atomic mass is 9.97. The summed E-state index contributed by atoms with van der Waals surface area (Å²) in [5.41, 5.74) is 1.80. The summed E-state index contributed by atoms with van der Waals surface area (Å²) in [4.78, 5) is 33.0. The average molecular weight is 453 g/mol. The molecule has 2 heterocycles. The Morgan fingerprint density at radius 1 is 1.19 bits per heavy atom. The molecule has 4 rings (SSSR count). The van der Waals surface area contributed by atoms with Crippen molar-refractivity contribution in [1.82, 2.24) is 9.88 Å². The number of nitrogens with one attached hydrogen (secondary N) is 1. The van der Waals surface area contributed by atoms with Crippen molar-refractivity contribution < 1.29 is 14.0 Å². The Hall–Kier alpha value is -3.10. The number of benzene rings is 2. The van der Waals surface area contributed by atoms with Gasteiger partial charge in [-0.2, -0.15) is 0 Å². The van der Waals surface area contributed by atoms with Crippen LogP contribution in [0.15, 0.2) is 60.0 Å². The highest BCUT2D eigenvalue weighted by Crippen LogP contribution is 2.31. The number of halogens is 1. The fourth-order valence-corrected chi connectivity index (χ4v) is 4.79. The Balaban J connectivity index is 1.42. The third-order valence-corrected chi connectivity index (χ3v) is 6.32. The molecule has 3 aromatic rings. The second kappa shape index (κ2) is 10.0. The van der Waals surface area contributed by atoms with E-state index < -0.39 is 5.82 Å². The van der Waals surface area contributed by atoms with Gasteiger partial charge in [-0.15, -0.1) is 11.3 Å². The van der Waals surface area contributed by atoms with Gasteiger partial charge in [0.15, 0.2) is 5.13 Å². The summed E-state index contributed by atoms with van der Waals surface area (Å²) in [6.45, 7) is 3.50. The molecule has 6 nitrogen and oxygen atoms in total. The van der Waals surface area contributed by atoms with Gasteiger partial charge in [0.2, 0.25) is 11.8 Å². The molecule has 0 saturated carbocycles. The van der Waals surface area contributed by atoms with Crippen LogP contribution in [0, 0.1) is 11.7 Å². The second-order valence-electron chi connectivity index (χ2n) is 7.86. The normalized spacial score (nSPS) is 16.5. The maximum atomic E-state index is 14.3. The minimum Gasteiger partial charge on any atom is -0.326 e. The third kappa shape index (κ3) is 5.20. The van der Waals surface area contributed by atoms with Crippen molar-refractivity contribution in [1.29, 1.82) is 0 Å². The Bertz CT molecular complexity index is 1090. The van der Waals surface area contributed by atoms with Crippen molar-refractivity contribution in [2.24, 2.45) is 5.92 Å². The number of aromatic nitrogens is 1. The predicted molar refractivity (Wildman–Crippen MR) is 124 cm³/mol. The Kier molecular flexibility index (Phi) is 6.92. The summed E-state index contributed by atoms with van der Waals surface area (Å²) in [5.74, 6) is -0.828. The predicted octanol–water partition coefficient (Wildman–Crippen LogP) is 4.82.